The number of hydrogen-bond acceptors (Lipinski definition) is 1. The van der Waals surface area contributed by atoms with E-state index in [1.165, 1.54) is 80.9 Å². The van der Waals surface area contributed by atoms with Gasteiger partial charge in [-0.25, -0.2) is 0 Å². The second-order valence-electron chi connectivity index (χ2n) is 7.62. The lowest BCUT2D eigenvalue weighted by Gasteiger charge is -2.19. The van der Waals surface area contributed by atoms with Crippen LogP contribution in [0.1, 0.15) is 94.2 Å². The summed E-state index contributed by atoms with van der Waals surface area (Å²) in [4.78, 5) is 0. The van der Waals surface area contributed by atoms with Crippen LogP contribution in [0.5, 0.6) is 0 Å². The Morgan fingerprint density at radius 2 is 1.19 bits per heavy atom. The molecule has 2 N–H and O–H groups in total. The van der Waals surface area contributed by atoms with Gasteiger partial charge in [0.1, 0.15) is 0 Å². The van der Waals surface area contributed by atoms with Gasteiger partial charge in [0.25, 0.3) is 0 Å². The van der Waals surface area contributed by atoms with Crippen LogP contribution in [0.2, 0.25) is 0 Å². The van der Waals surface area contributed by atoms with Gasteiger partial charge in [0.15, 0.2) is 0 Å². The Morgan fingerprint density at radius 3 is 1.77 bits per heavy atom. The fraction of sp³-hybridized carbons (Fsp3) is 0.520. The quantitative estimate of drug-likeness (QED) is 0.311. The van der Waals surface area contributed by atoms with Gasteiger partial charge in [-0.15, -0.1) is 0 Å². The highest BCUT2D eigenvalue weighted by Gasteiger charge is 2.14. The van der Waals surface area contributed by atoms with Crippen molar-refractivity contribution in [3.05, 3.63) is 65.2 Å². The minimum absolute atomic E-state index is 0.488. The lowest BCUT2D eigenvalue weighted by molar-refractivity contribution is 0.558. The maximum absolute atomic E-state index is 5.90. The van der Waals surface area contributed by atoms with Gasteiger partial charge in [0, 0.05) is 11.6 Å². The Morgan fingerprint density at radius 1 is 0.654 bits per heavy atom. The summed E-state index contributed by atoms with van der Waals surface area (Å²) in [6.45, 7) is 4.52. The van der Waals surface area contributed by atoms with Crippen molar-refractivity contribution in [1.29, 1.82) is 0 Å². The number of nitrogens with two attached hydrogens (primary N) is 1. The van der Waals surface area contributed by atoms with Crippen molar-refractivity contribution in [1.82, 2.24) is 0 Å². The largest absolute Gasteiger partial charge is 0.399 e. The van der Waals surface area contributed by atoms with Crippen LogP contribution < -0.4 is 5.73 Å². The maximum Gasteiger partial charge on any atom is 0.0314 e. The zero-order valence-corrected chi connectivity index (χ0v) is 16.8. The van der Waals surface area contributed by atoms with E-state index in [9.17, 15) is 0 Å². The van der Waals surface area contributed by atoms with Crippen molar-refractivity contribution in [2.45, 2.75) is 84.0 Å². The first-order valence-corrected chi connectivity index (χ1v) is 10.7. The van der Waals surface area contributed by atoms with Gasteiger partial charge in [-0.1, -0.05) is 102 Å². The van der Waals surface area contributed by atoms with Gasteiger partial charge in [0.2, 0.25) is 0 Å². The number of anilines is 1. The maximum atomic E-state index is 5.90. The zero-order chi connectivity index (χ0) is 18.6. The van der Waals surface area contributed by atoms with E-state index in [0.717, 1.165) is 5.69 Å². The molecule has 1 nitrogen and oxygen atoms in total. The summed E-state index contributed by atoms with van der Waals surface area (Å²) in [6, 6.07) is 17.8. The highest BCUT2D eigenvalue weighted by Crippen LogP contribution is 2.31. The molecule has 26 heavy (non-hydrogen) atoms. The molecule has 0 radical (unpaired) electrons. The number of hydrogen-bond donors (Lipinski definition) is 1. The van der Waals surface area contributed by atoms with Gasteiger partial charge >= 0.3 is 0 Å². The van der Waals surface area contributed by atoms with E-state index in [-0.39, 0.29) is 0 Å². The van der Waals surface area contributed by atoms with E-state index < -0.39 is 0 Å². The molecule has 0 aliphatic carbocycles. The molecule has 0 spiro atoms. The van der Waals surface area contributed by atoms with E-state index in [2.05, 4.69) is 50.2 Å². The van der Waals surface area contributed by atoms with Crippen molar-refractivity contribution in [2.75, 3.05) is 5.73 Å². The normalized spacial score (nSPS) is 12.2. The lowest BCUT2D eigenvalue weighted by atomic mass is 9.86. The van der Waals surface area contributed by atoms with Crippen LogP contribution in [0.15, 0.2) is 48.5 Å². The Labute approximate surface area is 161 Å². The lowest BCUT2D eigenvalue weighted by Crippen LogP contribution is -2.02. The molecule has 2 aromatic carbocycles. The van der Waals surface area contributed by atoms with Gasteiger partial charge < -0.3 is 5.73 Å². The first-order valence-electron chi connectivity index (χ1n) is 10.7. The molecule has 0 bridgehead atoms. The van der Waals surface area contributed by atoms with Crippen LogP contribution in [-0.4, -0.2) is 0 Å². The highest BCUT2D eigenvalue weighted by atomic mass is 14.5. The molecule has 1 unspecified atom stereocenters. The number of rotatable bonds is 12. The fourth-order valence-corrected chi connectivity index (χ4v) is 3.76. The van der Waals surface area contributed by atoms with E-state index in [1.54, 1.807) is 0 Å². The van der Waals surface area contributed by atoms with Crippen molar-refractivity contribution in [2.24, 2.45) is 0 Å². The monoisotopic (exact) mass is 351 g/mol. The topological polar surface area (TPSA) is 26.0 Å². The molecule has 0 heterocycles. The molecule has 1 atom stereocenters. The van der Waals surface area contributed by atoms with Crippen molar-refractivity contribution < 1.29 is 0 Å². The zero-order valence-electron chi connectivity index (χ0n) is 16.8. The molecule has 2 aromatic rings. The van der Waals surface area contributed by atoms with E-state index >= 15 is 0 Å². The van der Waals surface area contributed by atoms with Crippen molar-refractivity contribution in [3.63, 3.8) is 0 Å². The third kappa shape index (κ3) is 6.86. The predicted molar refractivity (Wildman–Crippen MR) is 116 cm³/mol. The molecule has 0 saturated heterocycles. The predicted octanol–water partition coefficient (Wildman–Crippen LogP) is 7.49. The number of benzene rings is 2. The van der Waals surface area contributed by atoms with Gasteiger partial charge in [-0.3, -0.25) is 0 Å². The second kappa shape index (κ2) is 11.8. The van der Waals surface area contributed by atoms with Crippen LogP contribution in [0.4, 0.5) is 5.69 Å². The van der Waals surface area contributed by atoms with Gasteiger partial charge in [-0.2, -0.15) is 0 Å². The fourth-order valence-electron chi connectivity index (χ4n) is 3.76. The average molecular weight is 352 g/mol. The third-order valence-corrected chi connectivity index (χ3v) is 5.36. The van der Waals surface area contributed by atoms with Crippen LogP contribution in [-0.2, 0) is 6.42 Å². The second-order valence-corrected chi connectivity index (χ2v) is 7.62. The molecular formula is C25H37N. The molecule has 1 heteroatoms. The van der Waals surface area contributed by atoms with Crippen LogP contribution >= 0.6 is 0 Å². The summed E-state index contributed by atoms with van der Waals surface area (Å²) in [5, 5.41) is 0. The molecule has 0 aliphatic heterocycles. The van der Waals surface area contributed by atoms with Crippen LogP contribution in [0.3, 0.4) is 0 Å². The average Bonchev–Trinajstić information content (AvgIpc) is 2.66. The molecule has 2 rings (SSSR count). The Balaban J connectivity index is 1.99. The Kier molecular flexibility index (Phi) is 9.31. The van der Waals surface area contributed by atoms with E-state index in [4.69, 9.17) is 5.73 Å². The highest BCUT2D eigenvalue weighted by molar-refractivity contribution is 5.43. The summed E-state index contributed by atoms with van der Waals surface area (Å²) < 4.78 is 0. The molecule has 0 fully saturated rings. The summed E-state index contributed by atoms with van der Waals surface area (Å²) in [6.07, 6.45) is 13.1. The summed E-state index contributed by atoms with van der Waals surface area (Å²) >= 11 is 0. The van der Waals surface area contributed by atoms with Crippen molar-refractivity contribution in [3.8, 4) is 0 Å². The van der Waals surface area contributed by atoms with Gasteiger partial charge in [-0.05, 0) is 41.7 Å². The molecule has 0 saturated carbocycles. The summed E-state index contributed by atoms with van der Waals surface area (Å²) in [5.41, 5.74) is 11.0. The molecule has 0 aliphatic rings. The van der Waals surface area contributed by atoms with E-state index in [0.29, 0.717) is 5.92 Å². The summed E-state index contributed by atoms with van der Waals surface area (Å²) in [7, 11) is 0. The number of nitrogen functional groups attached to an aromatic ring is 1. The number of unbranched alkanes of at least 4 members (excludes halogenated alkanes) is 6. The summed E-state index contributed by atoms with van der Waals surface area (Å²) in [5.74, 6) is 0.488. The Hall–Kier alpha value is -1.76. The molecule has 0 amide bonds. The SMILES string of the molecule is CCCCCCCCCC(c1ccc(N)cc1)c1ccc(CCC)cc1. The third-order valence-electron chi connectivity index (χ3n) is 5.36. The first-order chi connectivity index (χ1) is 12.7. The first kappa shape index (κ1) is 20.6. The number of aryl methyl sites for hydroxylation is 1. The van der Waals surface area contributed by atoms with Crippen LogP contribution in [0, 0.1) is 0 Å². The molecule has 0 aromatic heterocycles. The van der Waals surface area contributed by atoms with Crippen molar-refractivity contribution >= 4 is 5.69 Å². The molecular weight excluding hydrogens is 314 g/mol. The minimum Gasteiger partial charge on any atom is -0.399 e. The smallest absolute Gasteiger partial charge is 0.0314 e. The Bertz CT molecular complexity index is 597. The minimum atomic E-state index is 0.488. The van der Waals surface area contributed by atoms with E-state index in [1.807, 2.05) is 12.1 Å². The molecule has 142 valence electrons. The standard InChI is InChI=1S/C25H37N/c1-3-5-6-7-8-9-10-12-25(23-17-19-24(26)20-18-23)22-15-13-21(11-4-2)14-16-22/h13-20,25H,3-12,26H2,1-2H3. The van der Waals surface area contributed by atoms with Crippen LogP contribution in [0.25, 0.3) is 0 Å². The van der Waals surface area contributed by atoms with Gasteiger partial charge in [0.05, 0.1) is 0 Å².